The largest absolute Gasteiger partial charge is 0.396 e. The first-order valence-electron chi connectivity index (χ1n) is 11.1. The second-order valence-electron chi connectivity index (χ2n) is 9.62. The number of hydrogen-bond acceptors (Lipinski definition) is 6. The Kier molecular flexibility index (Phi) is 7.30. The van der Waals surface area contributed by atoms with E-state index in [0.717, 1.165) is 0 Å². The van der Waals surface area contributed by atoms with Gasteiger partial charge in [0.1, 0.15) is 0 Å². The molecule has 31 heavy (non-hydrogen) atoms. The molecule has 0 aliphatic carbocycles. The Bertz CT molecular complexity index is 792. The first-order chi connectivity index (χ1) is 14.7. The smallest absolute Gasteiger partial charge is 0.276 e. The zero-order chi connectivity index (χ0) is 22.6. The molecule has 2 fully saturated rings. The van der Waals surface area contributed by atoms with E-state index in [4.69, 9.17) is 0 Å². The third-order valence-corrected chi connectivity index (χ3v) is 6.16. The maximum Gasteiger partial charge on any atom is 0.276 e. The van der Waals surface area contributed by atoms with Crippen molar-refractivity contribution in [1.82, 2.24) is 30.5 Å². The molecule has 2 aliphatic rings. The summed E-state index contributed by atoms with van der Waals surface area (Å²) in [5, 5.41) is 23.8. The number of aromatic nitrogens is 3. The van der Waals surface area contributed by atoms with Crippen molar-refractivity contribution >= 4 is 17.7 Å². The third-order valence-electron chi connectivity index (χ3n) is 6.16. The molecule has 0 bridgehead atoms. The zero-order valence-electron chi connectivity index (χ0n) is 18.6. The van der Waals surface area contributed by atoms with Gasteiger partial charge < -0.3 is 20.6 Å². The van der Waals surface area contributed by atoms with Crippen LogP contribution in [0.5, 0.6) is 0 Å². The molecule has 3 atom stereocenters. The molecule has 1 aromatic rings. The van der Waals surface area contributed by atoms with Crippen molar-refractivity contribution in [3.63, 3.8) is 0 Å². The fourth-order valence-electron chi connectivity index (χ4n) is 4.11. The van der Waals surface area contributed by atoms with Crippen molar-refractivity contribution < 1.29 is 19.5 Å². The van der Waals surface area contributed by atoms with Gasteiger partial charge in [0, 0.05) is 51.0 Å². The molecule has 3 N–H and O–H groups in total. The van der Waals surface area contributed by atoms with Crippen LogP contribution in [0.25, 0.3) is 0 Å². The summed E-state index contributed by atoms with van der Waals surface area (Å²) in [5.74, 6) is -0.194. The number of likely N-dealkylation sites (tertiary alicyclic amines) is 1. The molecule has 0 spiro atoms. The van der Waals surface area contributed by atoms with Crippen molar-refractivity contribution in [2.24, 2.45) is 11.8 Å². The average molecular weight is 435 g/mol. The Labute approximate surface area is 182 Å². The number of nitrogens with zero attached hydrogens (tertiary/aromatic N) is 4. The lowest BCUT2D eigenvalue weighted by atomic mass is 9.93. The Morgan fingerprint density at radius 1 is 1.26 bits per heavy atom. The third kappa shape index (κ3) is 6.03. The van der Waals surface area contributed by atoms with E-state index in [-0.39, 0.29) is 47.7 Å². The van der Waals surface area contributed by atoms with Crippen LogP contribution in [0.2, 0.25) is 0 Å². The monoisotopic (exact) mass is 434 g/mol. The predicted molar refractivity (Wildman–Crippen MR) is 113 cm³/mol. The highest BCUT2D eigenvalue weighted by Gasteiger charge is 2.31. The van der Waals surface area contributed by atoms with Gasteiger partial charge in [-0.3, -0.25) is 14.4 Å². The Hall–Kier alpha value is -2.49. The lowest BCUT2D eigenvalue weighted by Gasteiger charge is -2.26. The van der Waals surface area contributed by atoms with E-state index in [1.165, 1.54) is 0 Å². The summed E-state index contributed by atoms with van der Waals surface area (Å²) < 4.78 is 1.67. The van der Waals surface area contributed by atoms with E-state index in [1.807, 2.05) is 20.8 Å². The van der Waals surface area contributed by atoms with Gasteiger partial charge in [0.15, 0.2) is 5.69 Å². The van der Waals surface area contributed by atoms with E-state index in [2.05, 4.69) is 20.9 Å². The second-order valence-corrected chi connectivity index (χ2v) is 9.62. The highest BCUT2D eigenvalue weighted by molar-refractivity contribution is 5.92. The molecular weight excluding hydrogens is 400 g/mol. The number of amides is 3. The molecule has 10 heteroatoms. The predicted octanol–water partition coefficient (Wildman–Crippen LogP) is 0.279. The lowest BCUT2D eigenvalue weighted by molar-refractivity contribution is -0.126. The summed E-state index contributed by atoms with van der Waals surface area (Å²) in [6, 6.07) is -0.196. The van der Waals surface area contributed by atoms with E-state index < -0.39 is 0 Å². The van der Waals surface area contributed by atoms with Gasteiger partial charge in [-0.25, -0.2) is 4.68 Å². The molecule has 2 aliphatic heterocycles. The molecule has 3 amide bonds. The lowest BCUT2D eigenvalue weighted by Crippen LogP contribution is -2.44. The molecule has 3 rings (SSSR count). The second kappa shape index (κ2) is 9.76. The topological polar surface area (TPSA) is 129 Å². The maximum atomic E-state index is 12.9. The van der Waals surface area contributed by atoms with Gasteiger partial charge in [0.25, 0.3) is 5.91 Å². The Balaban J connectivity index is 1.57. The van der Waals surface area contributed by atoms with Crippen molar-refractivity contribution in [1.29, 1.82) is 0 Å². The van der Waals surface area contributed by atoms with Crippen LogP contribution < -0.4 is 10.6 Å². The molecule has 1 aromatic heterocycles. The van der Waals surface area contributed by atoms with Crippen LogP contribution in [-0.4, -0.2) is 75.0 Å². The number of nitrogens with one attached hydrogen (secondary N) is 2. The summed E-state index contributed by atoms with van der Waals surface area (Å²) in [5.41, 5.74) is 0.0420. The minimum Gasteiger partial charge on any atom is -0.396 e. The number of piperidine rings is 1. The molecular formula is C21H34N6O4. The first-order valence-corrected chi connectivity index (χ1v) is 11.1. The van der Waals surface area contributed by atoms with Crippen molar-refractivity contribution in [2.45, 2.75) is 64.5 Å². The number of hydrogen-bond donors (Lipinski definition) is 3. The Morgan fingerprint density at radius 3 is 2.61 bits per heavy atom. The number of carbonyl (C=O) groups excluding carboxylic acids is 3. The highest BCUT2D eigenvalue weighted by atomic mass is 16.3. The SMILES string of the molecule is CC(C)(C)n1cc(C(=O)N2CCC(CO)C(NC(=O)CC3CCC(=O)NC3)CC2)nn1. The van der Waals surface area contributed by atoms with Crippen molar-refractivity contribution in [3.05, 3.63) is 11.9 Å². The molecule has 0 saturated carbocycles. The van der Waals surface area contributed by atoms with Crippen LogP contribution in [-0.2, 0) is 15.1 Å². The molecule has 2 saturated heterocycles. The number of carbonyl (C=O) groups is 3. The van der Waals surface area contributed by atoms with Crippen molar-refractivity contribution in [2.75, 3.05) is 26.2 Å². The minimum absolute atomic E-state index is 0.0352. The maximum absolute atomic E-state index is 12.9. The van der Waals surface area contributed by atoms with Crippen LogP contribution >= 0.6 is 0 Å². The first kappa shape index (κ1) is 23.2. The van der Waals surface area contributed by atoms with Gasteiger partial charge in [-0.05, 0) is 46.0 Å². The summed E-state index contributed by atoms with van der Waals surface area (Å²) in [6.07, 6.45) is 4.35. The molecule has 3 unspecified atom stereocenters. The Morgan fingerprint density at radius 2 is 2.00 bits per heavy atom. The summed E-state index contributed by atoms with van der Waals surface area (Å²) in [7, 11) is 0. The fourth-order valence-corrected chi connectivity index (χ4v) is 4.11. The standard InChI is InChI=1S/C21H34N6O4/c1-21(2,3)27-12-17(24-25-27)20(31)26-8-6-15(13-28)16(7-9-26)23-19(30)10-14-4-5-18(29)22-11-14/h12,14-16,28H,4-11,13H2,1-3H3,(H,22,29)(H,23,30). The molecule has 0 radical (unpaired) electrons. The van der Waals surface area contributed by atoms with E-state index in [9.17, 15) is 19.5 Å². The molecule has 3 heterocycles. The quantitative estimate of drug-likeness (QED) is 0.610. The van der Waals surface area contributed by atoms with Gasteiger partial charge >= 0.3 is 0 Å². The number of rotatable bonds is 5. The van der Waals surface area contributed by atoms with Gasteiger partial charge in [-0.1, -0.05) is 5.21 Å². The molecule has 10 nitrogen and oxygen atoms in total. The van der Waals surface area contributed by atoms with Crippen LogP contribution in [0.1, 0.15) is 63.4 Å². The minimum atomic E-state index is -0.261. The van der Waals surface area contributed by atoms with E-state index in [1.54, 1.807) is 15.8 Å². The van der Waals surface area contributed by atoms with Crippen LogP contribution in [0, 0.1) is 11.8 Å². The summed E-state index contributed by atoms with van der Waals surface area (Å²) >= 11 is 0. The van der Waals surface area contributed by atoms with Gasteiger partial charge in [-0.15, -0.1) is 5.10 Å². The van der Waals surface area contributed by atoms with Crippen LogP contribution in [0.15, 0.2) is 6.20 Å². The van der Waals surface area contributed by atoms with E-state index in [0.29, 0.717) is 57.4 Å². The van der Waals surface area contributed by atoms with Gasteiger partial charge in [0.2, 0.25) is 11.8 Å². The number of aliphatic hydroxyl groups is 1. The fraction of sp³-hybridized carbons (Fsp3) is 0.762. The van der Waals surface area contributed by atoms with Crippen molar-refractivity contribution in [3.8, 4) is 0 Å². The van der Waals surface area contributed by atoms with Gasteiger partial charge in [-0.2, -0.15) is 0 Å². The number of aliphatic hydroxyl groups excluding tert-OH is 1. The zero-order valence-corrected chi connectivity index (χ0v) is 18.6. The van der Waals surface area contributed by atoms with Crippen LogP contribution in [0.3, 0.4) is 0 Å². The molecule has 172 valence electrons. The summed E-state index contributed by atoms with van der Waals surface area (Å²) in [6.45, 7) is 7.41. The normalized spacial score (nSPS) is 25.0. The van der Waals surface area contributed by atoms with E-state index >= 15 is 0 Å². The summed E-state index contributed by atoms with van der Waals surface area (Å²) in [4.78, 5) is 38.5. The molecule has 0 aromatic carbocycles. The average Bonchev–Trinajstić information content (AvgIpc) is 3.14. The van der Waals surface area contributed by atoms with Gasteiger partial charge in [0.05, 0.1) is 11.7 Å². The van der Waals surface area contributed by atoms with Crippen LogP contribution in [0.4, 0.5) is 0 Å². The highest BCUT2D eigenvalue weighted by Crippen LogP contribution is 2.21.